The maximum Gasteiger partial charge on any atom is 0.364 e. The highest BCUT2D eigenvalue weighted by atomic mass is 35.5. The van der Waals surface area contributed by atoms with Crippen LogP contribution in [0.15, 0.2) is 42.5 Å². The molecule has 6 heteroatoms. The van der Waals surface area contributed by atoms with E-state index in [1.54, 1.807) is 31.2 Å². The van der Waals surface area contributed by atoms with E-state index in [-0.39, 0.29) is 16.7 Å². The van der Waals surface area contributed by atoms with Gasteiger partial charge in [-0.05, 0) is 42.8 Å². The minimum atomic E-state index is -0.819. The van der Waals surface area contributed by atoms with Gasteiger partial charge in [0, 0.05) is 5.02 Å². The molecule has 0 N–H and O–H groups in total. The van der Waals surface area contributed by atoms with Gasteiger partial charge in [0.2, 0.25) is 0 Å². The molecule has 1 aliphatic rings. The van der Waals surface area contributed by atoms with Crippen molar-refractivity contribution in [2.45, 2.75) is 6.92 Å². The van der Waals surface area contributed by atoms with Crippen LogP contribution in [-0.4, -0.2) is 22.8 Å². The minimum absolute atomic E-state index is 0.168. The fourth-order valence-electron chi connectivity index (χ4n) is 2.24. The molecule has 0 bridgehead atoms. The lowest BCUT2D eigenvalue weighted by molar-refractivity contribution is -0.0584. The number of imide groups is 1. The molecule has 1 aliphatic heterocycles. The van der Waals surface area contributed by atoms with Gasteiger partial charge in [0.1, 0.15) is 0 Å². The molecule has 110 valence electrons. The molecule has 3 rings (SSSR count). The molecule has 0 saturated carbocycles. The number of benzene rings is 2. The number of hydrogen-bond donors (Lipinski definition) is 0. The van der Waals surface area contributed by atoms with Crippen LogP contribution in [0.3, 0.4) is 0 Å². The number of carbonyl (C=O) groups excluding carboxylic acids is 3. The van der Waals surface area contributed by atoms with Crippen molar-refractivity contribution < 1.29 is 19.2 Å². The number of amides is 2. The van der Waals surface area contributed by atoms with E-state index in [1.165, 1.54) is 18.2 Å². The minimum Gasteiger partial charge on any atom is -0.324 e. The zero-order chi connectivity index (χ0) is 15.9. The molecule has 5 nitrogen and oxygen atoms in total. The summed E-state index contributed by atoms with van der Waals surface area (Å²) in [6.07, 6.45) is 0. The molecule has 2 aromatic carbocycles. The van der Waals surface area contributed by atoms with Crippen LogP contribution in [-0.2, 0) is 4.84 Å². The van der Waals surface area contributed by atoms with Crippen LogP contribution in [0, 0.1) is 6.92 Å². The second-order valence-corrected chi connectivity index (χ2v) is 5.28. The number of carbonyl (C=O) groups is 3. The molecule has 2 aromatic rings. The third kappa shape index (κ3) is 2.35. The molecule has 0 saturated heterocycles. The Balaban J connectivity index is 1.87. The van der Waals surface area contributed by atoms with E-state index < -0.39 is 17.8 Å². The number of hydrogen-bond acceptors (Lipinski definition) is 4. The average molecular weight is 316 g/mol. The summed E-state index contributed by atoms with van der Waals surface area (Å²) in [5.41, 5.74) is 1.36. The normalized spacial score (nSPS) is 13.3. The van der Waals surface area contributed by atoms with Gasteiger partial charge in [-0.2, -0.15) is 0 Å². The van der Waals surface area contributed by atoms with Gasteiger partial charge in [-0.25, -0.2) is 4.79 Å². The fourth-order valence-corrected chi connectivity index (χ4v) is 2.53. The topological polar surface area (TPSA) is 63.7 Å². The van der Waals surface area contributed by atoms with E-state index in [2.05, 4.69) is 0 Å². The van der Waals surface area contributed by atoms with Crippen molar-refractivity contribution in [1.82, 2.24) is 5.06 Å². The summed E-state index contributed by atoms with van der Waals surface area (Å²) in [5, 5.41) is 0.845. The second-order valence-electron chi connectivity index (χ2n) is 4.85. The summed E-state index contributed by atoms with van der Waals surface area (Å²) in [4.78, 5) is 41.3. The highest BCUT2D eigenvalue weighted by Gasteiger charge is 2.38. The van der Waals surface area contributed by atoms with Crippen LogP contribution in [0.2, 0.25) is 5.02 Å². The summed E-state index contributed by atoms with van der Waals surface area (Å²) in [6.45, 7) is 1.77. The molecular formula is C16H10ClNO4. The van der Waals surface area contributed by atoms with Crippen LogP contribution >= 0.6 is 11.6 Å². The van der Waals surface area contributed by atoms with Gasteiger partial charge in [-0.1, -0.05) is 28.8 Å². The molecular weight excluding hydrogens is 306 g/mol. The molecule has 0 atom stereocenters. The monoisotopic (exact) mass is 315 g/mol. The highest BCUT2D eigenvalue weighted by molar-refractivity contribution is 6.31. The summed E-state index contributed by atoms with van der Waals surface area (Å²) in [6, 6.07) is 10.9. The molecule has 1 heterocycles. The Labute approximate surface area is 131 Å². The summed E-state index contributed by atoms with van der Waals surface area (Å²) in [5.74, 6) is -2.14. The van der Waals surface area contributed by atoms with Crippen molar-refractivity contribution in [2.75, 3.05) is 0 Å². The van der Waals surface area contributed by atoms with E-state index >= 15 is 0 Å². The van der Waals surface area contributed by atoms with Crippen LogP contribution in [0.1, 0.15) is 36.6 Å². The van der Waals surface area contributed by atoms with Crippen LogP contribution in [0.4, 0.5) is 0 Å². The van der Waals surface area contributed by atoms with Crippen molar-refractivity contribution >= 4 is 29.4 Å². The van der Waals surface area contributed by atoms with Gasteiger partial charge in [0.15, 0.2) is 0 Å². The lowest BCUT2D eigenvalue weighted by Crippen LogP contribution is -2.32. The maximum atomic E-state index is 12.1. The number of rotatable bonds is 2. The zero-order valence-corrected chi connectivity index (χ0v) is 12.3. The lowest BCUT2D eigenvalue weighted by atomic mass is 10.1. The van der Waals surface area contributed by atoms with Crippen molar-refractivity contribution in [2.24, 2.45) is 0 Å². The second kappa shape index (κ2) is 5.27. The third-order valence-electron chi connectivity index (χ3n) is 3.21. The Bertz CT molecular complexity index is 760. The lowest BCUT2D eigenvalue weighted by Gasteiger charge is -2.13. The first-order valence-corrected chi connectivity index (χ1v) is 6.82. The smallest absolute Gasteiger partial charge is 0.324 e. The number of fused-ring (bicyclic) bond motifs is 1. The maximum absolute atomic E-state index is 12.1. The Kier molecular flexibility index (Phi) is 3.42. The van der Waals surface area contributed by atoms with Gasteiger partial charge >= 0.3 is 5.97 Å². The van der Waals surface area contributed by atoms with E-state index in [4.69, 9.17) is 16.4 Å². The first kappa shape index (κ1) is 14.3. The number of aryl methyl sites for hydroxylation is 1. The number of nitrogens with zero attached hydrogens (tertiary/aromatic N) is 1. The van der Waals surface area contributed by atoms with E-state index in [0.29, 0.717) is 10.1 Å². The predicted octanol–water partition coefficient (Wildman–Crippen LogP) is 3.02. The highest BCUT2D eigenvalue weighted by Crippen LogP contribution is 2.24. The van der Waals surface area contributed by atoms with Gasteiger partial charge in [0.05, 0.1) is 16.7 Å². The fraction of sp³-hybridized carbons (Fsp3) is 0.0625. The number of halogens is 1. The van der Waals surface area contributed by atoms with E-state index in [9.17, 15) is 14.4 Å². The van der Waals surface area contributed by atoms with Gasteiger partial charge in [-0.3, -0.25) is 9.59 Å². The first-order chi connectivity index (χ1) is 10.5. The van der Waals surface area contributed by atoms with Crippen molar-refractivity contribution in [3.05, 3.63) is 69.7 Å². The Morgan fingerprint density at radius 1 is 1.05 bits per heavy atom. The third-order valence-corrected chi connectivity index (χ3v) is 3.43. The van der Waals surface area contributed by atoms with Crippen molar-refractivity contribution in [3.63, 3.8) is 0 Å². The largest absolute Gasteiger partial charge is 0.364 e. The molecule has 0 unspecified atom stereocenters. The molecule has 0 aliphatic carbocycles. The number of hydroxylamine groups is 2. The van der Waals surface area contributed by atoms with Gasteiger partial charge in [-0.15, -0.1) is 0 Å². The Morgan fingerprint density at radius 3 is 2.18 bits per heavy atom. The first-order valence-electron chi connectivity index (χ1n) is 6.44. The van der Waals surface area contributed by atoms with Crippen LogP contribution in [0.25, 0.3) is 0 Å². The Morgan fingerprint density at radius 2 is 1.64 bits per heavy atom. The van der Waals surface area contributed by atoms with Crippen LogP contribution in [0.5, 0.6) is 0 Å². The summed E-state index contributed by atoms with van der Waals surface area (Å²) < 4.78 is 0. The summed E-state index contributed by atoms with van der Waals surface area (Å²) >= 11 is 5.89. The molecule has 0 spiro atoms. The molecule has 0 aromatic heterocycles. The molecule has 22 heavy (non-hydrogen) atoms. The quantitative estimate of drug-likeness (QED) is 0.799. The zero-order valence-electron chi connectivity index (χ0n) is 11.5. The molecule has 0 fully saturated rings. The summed E-state index contributed by atoms with van der Waals surface area (Å²) in [7, 11) is 0. The van der Waals surface area contributed by atoms with Crippen molar-refractivity contribution in [1.29, 1.82) is 0 Å². The van der Waals surface area contributed by atoms with Gasteiger partial charge < -0.3 is 4.84 Å². The van der Waals surface area contributed by atoms with Crippen LogP contribution < -0.4 is 0 Å². The Hall–Kier alpha value is -2.66. The average Bonchev–Trinajstić information content (AvgIpc) is 2.72. The standard InChI is InChI=1S/C16H10ClNO4/c1-9-6-10(8-11(17)7-9)16(21)22-18-14(19)12-4-2-3-5-13(12)15(18)20/h2-8H,1H3. The predicted molar refractivity (Wildman–Crippen MR) is 78.5 cm³/mol. The van der Waals surface area contributed by atoms with Gasteiger partial charge in [0.25, 0.3) is 11.8 Å². The van der Waals surface area contributed by atoms with Crippen molar-refractivity contribution in [3.8, 4) is 0 Å². The van der Waals surface area contributed by atoms with E-state index in [1.807, 2.05) is 0 Å². The SMILES string of the molecule is Cc1cc(Cl)cc(C(=O)ON2C(=O)c3ccccc3C2=O)c1. The van der Waals surface area contributed by atoms with E-state index in [0.717, 1.165) is 5.56 Å². The molecule has 0 radical (unpaired) electrons. The molecule has 2 amide bonds.